The Labute approximate surface area is 299 Å². The van der Waals surface area contributed by atoms with Gasteiger partial charge in [-0.1, -0.05) is 49.3 Å². The number of nitrogens with one attached hydrogen (secondary N) is 1. The van der Waals surface area contributed by atoms with Crippen molar-refractivity contribution in [3.63, 3.8) is 0 Å². The third-order valence-electron chi connectivity index (χ3n) is 11.5. The minimum atomic E-state index is -3.91. The fourth-order valence-corrected chi connectivity index (χ4v) is 9.31. The number of amides is 2. The number of ether oxygens (including phenoxy) is 1. The van der Waals surface area contributed by atoms with Gasteiger partial charge in [-0.2, -0.15) is 0 Å². The maximum Gasteiger partial charge on any atom is 0.240 e. The monoisotopic (exact) mass is 715 g/mol. The number of carbonyl (C=O) groups is 3. The van der Waals surface area contributed by atoms with Gasteiger partial charge in [-0.25, -0.2) is 17.8 Å². The van der Waals surface area contributed by atoms with Crippen molar-refractivity contribution in [2.24, 2.45) is 17.3 Å². The number of ketones is 1. The number of aryl methyl sites for hydroxylation is 1. The second-order valence-corrected chi connectivity index (χ2v) is 17.6. The molecule has 2 aliphatic carbocycles. The van der Waals surface area contributed by atoms with Crippen LogP contribution >= 0.6 is 0 Å². The molecular formula is C40H46FN3O6S. The van der Waals surface area contributed by atoms with E-state index in [1.165, 1.54) is 12.1 Å². The Bertz CT molecular complexity index is 1970. The summed E-state index contributed by atoms with van der Waals surface area (Å²) in [4.78, 5) is 49.1. The minimum absolute atomic E-state index is 0.147. The summed E-state index contributed by atoms with van der Waals surface area (Å²) in [5.74, 6) is -1.86. The molecule has 0 spiro atoms. The van der Waals surface area contributed by atoms with Gasteiger partial charge < -0.3 is 9.64 Å². The summed E-state index contributed by atoms with van der Waals surface area (Å²) >= 11 is 0. The number of benzene rings is 2. The highest BCUT2D eigenvalue weighted by Gasteiger charge is 2.62. The van der Waals surface area contributed by atoms with Crippen LogP contribution in [0.5, 0.6) is 5.88 Å². The molecule has 11 heteroatoms. The van der Waals surface area contributed by atoms with Crippen molar-refractivity contribution in [1.29, 1.82) is 0 Å². The lowest BCUT2D eigenvalue weighted by Crippen LogP contribution is -2.47. The Morgan fingerprint density at radius 3 is 2.69 bits per heavy atom. The predicted molar refractivity (Wildman–Crippen MR) is 192 cm³/mol. The average Bonchev–Trinajstić information content (AvgIpc) is 3.96. The first-order valence-electron chi connectivity index (χ1n) is 18.2. The number of fused-ring (bicyclic) bond motifs is 3. The first kappa shape index (κ1) is 35.3. The first-order chi connectivity index (χ1) is 24.4. The summed E-state index contributed by atoms with van der Waals surface area (Å²) in [7, 11) is -3.91. The van der Waals surface area contributed by atoms with Crippen LogP contribution in [-0.2, 0) is 30.8 Å². The summed E-state index contributed by atoms with van der Waals surface area (Å²) in [6, 6.07) is 13.5. The zero-order valence-electron chi connectivity index (χ0n) is 29.3. The molecule has 3 aromatic rings. The van der Waals surface area contributed by atoms with Crippen molar-refractivity contribution in [2.45, 2.75) is 101 Å². The van der Waals surface area contributed by atoms with Crippen molar-refractivity contribution in [3.8, 4) is 5.88 Å². The van der Waals surface area contributed by atoms with Gasteiger partial charge in [-0.3, -0.25) is 19.1 Å². The molecule has 2 amide bonds. The maximum absolute atomic E-state index is 14.6. The highest BCUT2D eigenvalue weighted by molar-refractivity contribution is 7.91. The van der Waals surface area contributed by atoms with Crippen LogP contribution in [0.2, 0.25) is 0 Å². The minimum Gasteiger partial charge on any atom is -0.472 e. The Balaban J connectivity index is 1.21. The maximum atomic E-state index is 14.6. The van der Waals surface area contributed by atoms with Gasteiger partial charge in [0.15, 0.2) is 5.78 Å². The van der Waals surface area contributed by atoms with Crippen molar-refractivity contribution >= 4 is 38.4 Å². The summed E-state index contributed by atoms with van der Waals surface area (Å²) < 4.78 is 48.6. The number of rotatable bonds is 7. The number of allylic oxidation sites excluding steroid dienone is 2. The van der Waals surface area contributed by atoms with Gasteiger partial charge in [-0.15, -0.1) is 0 Å². The number of hydrogen-bond donors (Lipinski definition) is 1. The second kappa shape index (κ2) is 13.8. The molecule has 2 aromatic carbocycles. The van der Waals surface area contributed by atoms with E-state index in [1.54, 1.807) is 18.0 Å². The van der Waals surface area contributed by atoms with Crippen LogP contribution in [0.15, 0.2) is 66.9 Å². The Morgan fingerprint density at radius 2 is 1.90 bits per heavy atom. The molecule has 2 aliphatic heterocycles. The number of hydrogen-bond acceptors (Lipinski definition) is 7. The van der Waals surface area contributed by atoms with Crippen LogP contribution in [-0.4, -0.2) is 59.3 Å². The standard InChI is InChI=1S/C40H46FN3O6S/c1-26-18-27(21-31(41)19-26)20-29-11-6-4-3-5-7-12-30-23-40(30,38(47)43-51(48,49)39(2)15-16-39)24-35(45)34-22-32(25-44(34)37(29)46)50-36-33-13-9-8-10-28(33)14-17-42-36/h7-10,12-14,17-19,21,29-30,32,34H,3-6,11,15-16,20,22-25H2,1-2H3,(H,43,47)/b12-7-/t29-,30+,32-,34+,40-/m1/s1. The Morgan fingerprint density at radius 1 is 1.10 bits per heavy atom. The van der Waals surface area contributed by atoms with Gasteiger partial charge in [0.25, 0.3) is 0 Å². The molecule has 5 atom stereocenters. The van der Waals surface area contributed by atoms with Crippen molar-refractivity contribution < 1.29 is 31.9 Å². The molecular weight excluding hydrogens is 670 g/mol. The summed E-state index contributed by atoms with van der Waals surface area (Å²) in [6.07, 6.45) is 10.7. The number of halogens is 1. The lowest BCUT2D eigenvalue weighted by atomic mass is 9.89. The van der Waals surface area contributed by atoms with Crippen molar-refractivity contribution in [3.05, 3.63) is 83.8 Å². The van der Waals surface area contributed by atoms with Crippen LogP contribution in [0.25, 0.3) is 10.8 Å². The van der Waals surface area contributed by atoms with E-state index >= 15 is 0 Å². The number of pyridine rings is 1. The molecule has 3 heterocycles. The fourth-order valence-electron chi connectivity index (χ4n) is 7.98. The number of sulfonamides is 1. The lowest BCUT2D eigenvalue weighted by Gasteiger charge is -2.29. The molecule has 0 radical (unpaired) electrons. The van der Waals surface area contributed by atoms with Crippen LogP contribution in [0.4, 0.5) is 4.39 Å². The third-order valence-corrected chi connectivity index (χ3v) is 13.6. The molecule has 1 saturated heterocycles. The molecule has 3 fully saturated rings. The molecule has 0 bridgehead atoms. The van der Waals surface area contributed by atoms with Gasteiger partial charge in [0.05, 0.1) is 22.7 Å². The zero-order chi connectivity index (χ0) is 36.0. The Hall–Kier alpha value is -4.12. The van der Waals surface area contributed by atoms with E-state index in [1.807, 2.05) is 55.5 Å². The van der Waals surface area contributed by atoms with Gasteiger partial charge in [0.1, 0.15) is 11.9 Å². The predicted octanol–water partition coefficient (Wildman–Crippen LogP) is 6.37. The molecule has 9 nitrogen and oxygen atoms in total. The van der Waals surface area contributed by atoms with Gasteiger partial charge in [0, 0.05) is 30.3 Å². The Kier molecular flexibility index (Phi) is 9.54. The number of nitrogens with zero attached hydrogens (tertiary/aromatic N) is 2. The second-order valence-electron chi connectivity index (χ2n) is 15.4. The molecule has 0 unspecified atom stereocenters. The molecule has 4 aliphatic rings. The third kappa shape index (κ3) is 7.32. The largest absolute Gasteiger partial charge is 0.472 e. The molecule has 7 rings (SSSR count). The molecule has 51 heavy (non-hydrogen) atoms. The highest BCUT2D eigenvalue weighted by Crippen LogP contribution is 2.57. The van der Waals surface area contributed by atoms with Gasteiger partial charge in [-0.05, 0) is 105 Å². The SMILES string of the molecule is Cc1cc(F)cc(C[C@H]2CCCCC/C=C\[C@H]3C[C@@]3(C(=O)NS(=O)(=O)C3(C)CC3)CC(=O)[C@@H]3C[C@@H](Oc4nccc5ccccc45)CN3C2=O)c1. The van der Waals surface area contributed by atoms with Crippen LogP contribution < -0.4 is 9.46 Å². The quantitative estimate of drug-likeness (QED) is 0.282. The summed E-state index contributed by atoms with van der Waals surface area (Å²) in [5, 5.41) is 1.76. The van der Waals surface area contributed by atoms with E-state index in [4.69, 9.17) is 4.74 Å². The van der Waals surface area contributed by atoms with Gasteiger partial charge >= 0.3 is 0 Å². The first-order valence-corrected chi connectivity index (χ1v) is 19.7. The number of aromatic nitrogens is 1. The zero-order valence-corrected chi connectivity index (χ0v) is 30.1. The van der Waals surface area contributed by atoms with Crippen LogP contribution in [0, 0.1) is 30.0 Å². The normalized spacial score (nSPS) is 28.6. The van der Waals surface area contributed by atoms with E-state index in [-0.39, 0.29) is 42.8 Å². The fraction of sp³-hybridized carbons (Fsp3) is 0.500. The molecule has 270 valence electrons. The lowest BCUT2D eigenvalue weighted by molar-refractivity contribution is -0.142. The van der Waals surface area contributed by atoms with E-state index in [2.05, 4.69) is 9.71 Å². The summed E-state index contributed by atoms with van der Waals surface area (Å²) in [5.41, 5.74) is 0.283. The smallest absolute Gasteiger partial charge is 0.240 e. The van der Waals surface area contributed by atoms with E-state index in [9.17, 15) is 27.2 Å². The number of carbonyl (C=O) groups excluding carboxylic acids is 3. The highest BCUT2D eigenvalue weighted by atomic mass is 32.2. The summed E-state index contributed by atoms with van der Waals surface area (Å²) in [6.45, 7) is 3.60. The molecule has 1 aromatic heterocycles. The van der Waals surface area contributed by atoms with E-state index < -0.39 is 44.2 Å². The average molecular weight is 716 g/mol. The molecule has 1 N–H and O–H groups in total. The number of Topliss-reactive ketones (excluding diaryl/α,β-unsaturated/α-hetero) is 1. The van der Waals surface area contributed by atoms with Crippen molar-refractivity contribution in [2.75, 3.05) is 6.54 Å². The van der Waals surface area contributed by atoms with E-state index in [0.29, 0.717) is 38.0 Å². The van der Waals surface area contributed by atoms with Gasteiger partial charge in [0.2, 0.25) is 27.7 Å². The van der Waals surface area contributed by atoms with Crippen LogP contribution in [0.3, 0.4) is 0 Å². The van der Waals surface area contributed by atoms with E-state index in [0.717, 1.165) is 47.6 Å². The topological polar surface area (TPSA) is 123 Å². The van der Waals surface area contributed by atoms with Crippen LogP contribution in [0.1, 0.15) is 82.3 Å². The molecule has 2 saturated carbocycles. The van der Waals surface area contributed by atoms with Crippen molar-refractivity contribution in [1.82, 2.24) is 14.6 Å².